The van der Waals surface area contributed by atoms with Gasteiger partial charge in [-0.3, -0.25) is 0 Å². The SMILES string of the molecule is CC(C)N(C(=O)O[SiH3])C(C)C. The zero-order valence-corrected chi connectivity index (χ0v) is 9.92. The number of nitrogens with zero attached hydrogens (tertiary/aromatic N) is 1. The predicted molar refractivity (Wildman–Crippen MR) is 48.5 cm³/mol. The fraction of sp³-hybridized carbons (Fsp3) is 0.857. The van der Waals surface area contributed by atoms with Crippen LogP contribution in [0.1, 0.15) is 27.7 Å². The summed E-state index contributed by atoms with van der Waals surface area (Å²) in [5.41, 5.74) is 0. The van der Waals surface area contributed by atoms with Gasteiger partial charge >= 0.3 is 6.09 Å². The van der Waals surface area contributed by atoms with E-state index in [9.17, 15) is 4.79 Å². The van der Waals surface area contributed by atoms with Crippen LogP contribution < -0.4 is 0 Å². The van der Waals surface area contributed by atoms with Crippen LogP contribution in [0.25, 0.3) is 0 Å². The Bertz CT molecular complexity index is 128. The third-order valence-corrected chi connectivity index (χ3v) is 1.85. The van der Waals surface area contributed by atoms with Crippen molar-refractivity contribution in [3.63, 3.8) is 0 Å². The van der Waals surface area contributed by atoms with E-state index in [-0.39, 0.29) is 18.2 Å². The molecule has 0 spiro atoms. The summed E-state index contributed by atoms with van der Waals surface area (Å²) in [4.78, 5) is 12.9. The molecular formula is C7H17NO2Si. The topological polar surface area (TPSA) is 29.5 Å². The molecule has 0 saturated carbocycles. The summed E-state index contributed by atoms with van der Waals surface area (Å²) in [6.07, 6.45) is -0.193. The van der Waals surface area contributed by atoms with Gasteiger partial charge in [0.1, 0.15) is 0 Å². The molecule has 0 radical (unpaired) electrons. The third-order valence-electron chi connectivity index (χ3n) is 1.50. The van der Waals surface area contributed by atoms with Gasteiger partial charge in [0.2, 0.25) is 10.5 Å². The van der Waals surface area contributed by atoms with Crippen molar-refractivity contribution in [3.05, 3.63) is 0 Å². The van der Waals surface area contributed by atoms with Crippen LogP contribution >= 0.6 is 0 Å². The molecule has 66 valence electrons. The zero-order valence-electron chi connectivity index (χ0n) is 7.92. The fourth-order valence-electron chi connectivity index (χ4n) is 1.12. The van der Waals surface area contributed by atoms with Crippen LogP contribution in [0.5, 0.6) is 0 Å². The highest BCUT2D eigenvalue weighted by molar-refractivity contribution is 6.05. The van der Waals surface area contributed by atoms with E-state index < -0.39 is 0 Å². The number of hydrogen-bond acceptors (Lipinski definition) is 2. The molecule has 11 heavy (non-hydrogen) atoms. The summed E-state index contributed by atoms with van der Waals surface area (Å²) in [6, 6.07) is 0.438. The third kappa shape index (κ3) is 2.92. The summed E-state index contributed by atoms with van der Waals surface area (Å²) < 4.78 is 4.76. The molecule has 0 fully saturated rings. The molecule has 0 aromatic rings. The number of carbonyl (C=O) groups is 1. The Balaban J connectivity index is 4.22. The van der Waals surface area contributed by atoms with Crippen molar-refractivity contribution in [2.45, 2.75) is 39.8 Å². The average Bonchev–Trinajstić information content (AvgIpc) is 1.85. The smallest absolute Gasteiger partial charge is 0.395 e. The van der Waals surface area contributed by atoms with Gasteiger partial charge < -0.3 is 9.33 Å². The monoisotopic (exact) mass is 175 g/mol. The van der Waals surface area contributed by atoms with Crippen LogP contribution in [-0.4, -0.2) is 33.6 Å². The van der Waals surface area contributed by atoms with Crippen LogP contribution in [0, 0.1) is 0 Å². The van der Waals surface area contributed by atoms with Crippen LogP contribution in [0.15, 0.2) is 0 Å². The minimum Gasteiger partial charge on any atom is -0.513 e. The Morgan fingerprint density at radius 2 is 1.64 bits per heavy atom. The average molecular weight is 175 g/mol. The Labute approximate surface area is 71.3 Å². The molecule has 0 atom stereocenters. The zero-order chi connectivity index (χ0) is 9.02. The molecule has 1 amide bonds. The maximum atomic E-state index is 11.1. The normalized spacial score (nSPS) is 10.7. The molecule has 0 aliphatic heterocycles. The van der Waals surface area contributed by atoms with Crippen molar-refractivity contribution in [1.82, 2.24) is 4.90 Å². The van der Waals surface area contributed by atoms with Gasteiger partial charge in [0.15, 0.2) is 0 Å². The predicted octanol–water partition coefficient (Wildman–Crippen LogP) is 0.522. The van der Waals surface area contributed by atoms with Gasteiger partial charge in [-0.25, -0.2) is 4.79 Å². The molecule has 3 nitrogen and oxygen atoms in total. The molecule has 4 heteroatoms. The van der Waals surface area contributed by atoms with E-state index in [1.165, 1.54) is 0 Å². The van der Waals surface area contributed by atoms with Crippen LogP contribution in [0.3, 0.4) is 0 Å². The maximum Gasteiger partial charge on any atom is 0.395 e. The minimum atomic E-state index is -0.193. The highest BCUT2D eigenvalue weighted by atomic mass is 28.2. The molecular weight excluding hydrogens is 158 g/mol. The van der Waals surface area contributed by atoms with Crippen LogP contribution in [0.2, 0.25) is 0 Å². The standard InChI is InChI=1S/C7H17NO2Si/c1-5(2)8(6(3)4)7(9)10-11/h5-6H,1-4,11H3. The lowest BCUT2D eigenvalue weighted by Gasteiger charge is -2.29. The lowest BCUT2D eigenvalue weighted by atomic mass is 10.2. The molecule has 0 aromatic heterocycles. The number of amides is 1. The maximum absolute atomic E-state index is 11.1. The molecule has 0 aliphatic carbocycles. The van der Waals surface area contributed by atoms with E-state index in [0.29, 0.717) is 10.5 Å². The summed E-state index contributed by atoms with van der Waals surface area (Å²) in [6.45, 7) is 7.94. The summed E-state index contributed by atoms with van der Waals surface area (Å²) in [5, 5.41) is 0. The highest BCUT2D eigenvalue weighted by Gasteiger charge is 2.19. The molecule has 0 rings (SSSR count). The van der Waals surface area contributed by atoms with E-state index in [2.05, 4.69) is 0 Å². The van der Waals surface area contributed by atoms with Crippen molar-refractivity contribution in [3.8, 4) is 0 Å². The van der Waals surface area contributed by atoms with Gasteiger partial charge in [0.25, 0.3) is 0 Å². The first-order valence-electron chi connectivity index (χ1n) is 3.87. The van der Waals surface area contributed by atoms with Gasteiger partial charge in [-0.1, -0.05) is 0 Å². The highest BCUT2D eigenvalue weighted by Crippen LogP contribution is 2.05. The molecule has 0 saturated heterocycles. The molecule has 0 heterocycles. The van der Waals surface area contributed by atoms with E-state index in [1.807, 2.05) is 27.7 Å². The summed E-state index contributed by atoms with van der Waals surface area (Å²) in [7, 11) is 0.471. The molecule has 0 aromatic carbocycles. The van der Waals surface area contributed by atoms with Gasteiger partial charge in [0, 0.05) is 12.1 Å². The van der Waals surface area contributed by atoms with Crippen molar-refractivity contribution >= 4 is 16.6 Å². The summed E-state index contributed by atoms with van der Waals surface area (Å²) >= 11 is 0. The van der Waals surface area contributed by atoms with Crippen LogP contribution in [0.4, 0.5) is 4.79 Å². The second-order valence-electron chi connectivity index (χ2n) is 3.06. The minimum absolute atomic E-state index is 0.193. The van der Waals surface area contributed by atoms with Crippen LogP contribution in [-0.2, 0) is 4.43 Å². The van der Waals surface area contributed by atoms with Crippen molar-refractivity contribution < 1.29 is 9.22 Å². The quantitative estimate of drug-likeness (QED) is 0.573. The second-order valence-corrected chi connectivity index (χ2v) is 3.47. The Morgan fingerprint density at radius 3 is 1.73 bits per heavy atom. The summed E-state index contributed by atoms with van der Waals surface area (Å²) in [5.74, 6) is 0. The van der Waals surface area contributed by atoms with Crippen molar-refractivity contribution in [2.24, 2.45) is 0 Å². The number of rotatable bonds is 2. The number of carbonyl (C=O) groups excluding carboxylic acids is 1. The first kappa shape index (κ1) is 10.5. The molecule has 0 aliphatic rings. The van der Waals surface area contributed by atoms with Crippen molar-refractivity contribution in [2.75, 3.05) is 0 Å². The first-order chi connectivity index (χ1) is 5.00. The van der Waals surface area contributed by atoms with Gasteiger partial charge in [-0.05, 0) is 27.7 Å². The first-order valence-corrected chi connectivity index (χ1v) is 4.68. The van der Waals surface area contributed by atoms with Crippen molar-refractivity contribution in [1.29, 1.82) is 0 Å². The van der Waals surface area contributed by atoms with E-state index >= 15 is 0 Å². The van der Waals surface area contributed by atoms with Gasteiger partial charge in [-0.15, -0.1) is 0 Å². The molecule has 0 N–H and O–H groups in total. The molecule has 0 bridgehead atoms. The van der Waals surface area contributed by atoms with E-state index in [0.717, 1.165) is 0 Å². The fourth-order valence-corrected chi connectivity index (χ4v) is 1.33. The Kier molecular flexibility index (Phi) is 4.18. The lowest BCUT2D eigenvalue weighted by Crippen LogP contribution is -2.42. The largest absolute Gasteiger partial charge is 0.513 e. The van der Waals surface area contributed by atoms with Gasteiger partial charge in [0.05, 0.1) is 0 Å². The Morgan fingerprint density at radius 1 is 1.27 bits per heavy atom. The van der Waals surface area contributed by atoms with E-state index in [1.54, 1.807) is 4.90 Å². The Hall–Kier alpha value is -0.513. The molecule has 0 unspecified atom stereocenters. The second kappa shape index (κ2) is 4.38. The van der Waals surface area contributed by atoms with E-state index in [4.69, 9.17) is 4.43 Å². The van der Waals surface area contributed by atoms with Gasteiger partial charge in [-0.2, -0.15) is 0 Å². The number of hydrogen-bond donors (Lipinski definition) is 0. The lowest BCUT2D eigenvalue weighted by molar-refractivity contribution is 0.126.